The summed E-state index contributed by atoms with van der Waals surface area (Å²) in [4.78, 5) is 35.1. The van der Waals surface area contributed by atoms with E-state index in [2.05, 4.69) is 15.3 Å². The molecule has 0 spiro atoms. The van der Waals surface area contributed by atoms with Crippen molar-refractivity contribution in [3.8, 4) is 11.1 Å². The van der Waals surface area contributed by atoms with Gasteiger partial charge < -0.3 is 10.3 Å². The highest BCUT2D eigenvalue weighted by molar-refractivity contribution is 7.91. The maximum absolute atomic E-state index is 12.8. The van der Waals surface area contributed by atoms with Crippen LogP contribution < -0.4 is 10.9 Å². The van der Waals surface area contributed by atoms with E-state index in [0.29, 0.717) is 40.6 Å². The third kappa shape index (κ3) is 5.20. The van der Waals surface area contributed by atoms with Gasteiger partial charge in [-0.05, 0) is 30.7 Å². The molecular formula is C21H23ClN4O4S2. The number of aromatic amines is 1. The summed E-state index contributed by atoms with van der Waals surface area (Å²) >= 11 is 7.36. The summed E-state index contributed by atoms with van der Waals surface area (Å²) in [5, 5.41) is 5.85. The first-order valence-electron chi connectivity index (χ1n) is 10.2. The molecule has 32 heavy (non-hydrogen) atoms. The Morgan fingerprint density at radius 1 is 1.34 bits per heavy atom. The van der Waals surface area contributed by atoms with Gasteiger partial charge in [-0.15, -0.1) is 11.3 Å². The molecule has 8 nitrogen and oxygen atoms in total. The third-order valence-electron chi connectivity index (χ3n) is 5.43. The molecule has 0 aliphatic carbocycles. The summed E-state index contributed by atoms with van der Waals surface area (Å²) in [6.07, 6.45) is 0.445. The number of rotatable bonds is 7. The fourth-order valence-electron chi connectivity index (χ4n) is 3.79. The standard InChI is InChI=1S/C21H23ClN4O4S2/c1-2-26(10-18(27)23-15-7-8-32(29,30)12-15)9-17-24-20(28)19-16(11-31-21(19)25-17)13-3-5-14(22)6-4-13/h3-6,11,15H,2,7-10,12H2,1H3,(H,23,27)(H,24,25,28). The van der Waals surface area contributed by atoms with Crippen LogP contribution in [0.5, 0.6) is 0 Å². The zero-order valence-electron chi connectivity index (χ0n) is 17.4. The predicted molar refractivity (Wildman–Crippen MR) is 127 cm³/mol. The number of amides is 1. The Hall–Kier alpha value is -2.27. The Bertz CT molecular complexity index is 1300. The van der Waals surface area contributed by atoms with Crippen molar-refractivity contribution >= 4 is 48.9 Å². The van der Waals surface area contributed by atoms with Crippen molar-refractivity contribution in [2.45, 2.75) is 25.9 Å². The fourth-order valence-corrected chi connectivity index (χ4v) is 6.55. The largest absolute Gasteiger partial charge is 0.351 e. The average Bonchev–Trinajstić information content (AvgIpc) is 3.31. The molecule has 11 heteroatoms. The summed E-state index contributed by atoms with van der Waals surface area (Å²) in [6, 6.07) is 6.95. The highest BCUT2D eigenvalue weighted by Gasteiger charge is 2.29. The van der Waals surface area contributed by atoms with Gasteiger partial charge in [-0.3, -0.25) is 14.5 Å². The Labute approximate surface area is 194 Å². The number of likely N-dealkylation sites (N-methyl/N-ethyl adjacent to an activating group) is 1. The number of fused-ring (bicyclic) bond motifs is 1. The number of H-pyrrole nitrogens is 1. The molecule has 3 heterocycles. The number of aromatic nitrogens is 2. The smallest absolute Gasteiger partial charge is 0.260 e. The van der Waals surface area contributed by atoms with Crippen LogP contribution >= 0.6 is 22.9 Å². The van der Waals surface area contributed by atoms with Gasteiger partial charge >= 0.3 is 0 Å². The van der Waals surface area contributed by atoms with Crippen molar-refractivity contribution < 1.29 is 13.2 Å². The van der Waals surface area contributed by atoms with Crippen LogP contribution in [0.15, 0.2) is 34.4 Å². The van der Waals surface area contributed by atoms with Crippen LogP contribution in [0.2, 0.25) is 5.02 Å². The molecule has 1 fully saturated rings. The van der Waals surface area contributed by atoms with Gasteiger partial charge in [0.2, 0.25) is 5.91 Å². The van der Waals surface area contributed by atoms with E-state index in [-0.39, 0.29) is 35.6 Å². The van der Waals surface area contributed by atoms with Gasteiger partial charge in [0.05, 0.1) is 30.0 Å². The third-order valence-corrected chi connectivity index (χ3v) is 8.33. The van der Waals surface area contributed by atoms with Crippen LogP contribution in [0.4, 0.5) is 0 Å². The first kappa shape index (κ1) is 22.9. The van der Waals surface area contributed by atoms with Crippen molar-refractivity contribution in [2.75, 3.05) is 24.6 Å². The van der Waals surface area contributed by atoms with Crippen molar-refractivity contribution in [1.29, 1.82) is 0 Å². The topological polar surface area (TPSA) is 112 Å². The van der Waals surface area contributed by atoms with Crippen LogP contribution in [0.1, 0.15) is 19.2 Å². The Morgan fingerprint density at radius 3 is 2.75 bits per heavy atom. The van der Waals surface area contributed by atoms with Gasteiger partial charge in [-0.25, -0.2) is 13.4 Å². The van der Waals surface area contributed by atoms with Crippen LogP contribution in [-0.2, 0) is 21.2 Å². The zero-order chi connectivity index (χ0) is 22.9. The molecule has 0 radical (unpaired) electrons. The second-order valence-corrected chi connectivity index (χ2v) is 11.3. The van der Waals surface area contributed by atoms with Crippen LogP contribution in [0.3, 0.4) is 0 Å². The first-order chi connectivity index (χ1) is 15.2. The molecule has 1 saturated heterocycles. The van der Waals surface area contributed by atoms with Crippen molar-refractivity contribution in [2.24, 2.45) is 0 Å². The molecule has 0 bridgehead atoms. The van der Waals surface area contributed by atoms with Gasteiger partial charge in [0.15, 0.2) is 9.84 Å². The van der Waals surface area contributed by atoms with Gasteiger partial charge in [0.25, 0.3) is 5.56 Å². The van der Waals surface area contributed by atoms with Gasteiger partial charge in [-0.2, -0.15) is 0 Å². The van der Waals surface area contributed by atoms with Crippen LogP contribution in [0.25, 0.3) is 21.3 Å². The quantitative estimate of drug-likeness (QED) is 0.521. The number of nitrogens with one attached hydrogen (secondary N) is 2. The summed E-state index contributed by atoms with van der Waals surface area (Å²) < 4.78 is 23.2. The van der Waals surface area contributed by atoms with E-state index in [9.17, 15) is 18.0 Å². The van der Waals surface area contributed by atoms with E-state index < -0.39 is 9.84 Å². The first-order valence-corrected chi connectivity index (χ1v) is 13.3. The highest BCUT2D eigenvalue weighted by Crippen LogP contribution is 2.31. The second kappa shape index (κ2) is 9.30. The number of nitrogens with zero attached hydrogens (tertiary/aromatic N) is 2. The van der Waals surface area contributed by atoms with E-state index in [1.165, 1.54) is 11.3 Å². The van der Waals surface area contributed by atoms with Crippen LogP contribution in [-0.4, -0.2) is 59.8 Å². The van der Waals surface area contributed by atoms with E-state index >= 15 is 0 Å². The maximum Gasteiger partial charge on any atom is 0.260 e. The Morgan fingerprint density at radius 2 is 2.09 bits per heavy atom. The Balaban J connectivity index is 1.47. The molecule has 1 aromatic carbocycles. The molecule has 170 valence electrons. The van der Waals surface area contributed by atoms with Crippen molar-refractivity contribution in [1.82, 2.24) is 20.2 Å². The lowest BCUT2D eigenvalue weighted by atomic mass is 10.1. The lowest BCUT2D eigenvalue weighted by Gasteiger charge is -2.20. The number of carbonyl (C=O) groups excluding carboxylic acids is 1. The predicted octanol–water partition coefficient (Wildman–Crippen LogP) is 2.43. The molecule has 3 aromatic rings. The molecule has 1 aliphatic rings. The van der Waals surface area contributed by atoms with Gasteiger partial charge in [-0.1, -0.05) is 30.7 Å². The normalized spacial score (nSPS) is 17.8. The summed E-state index contributed by atoms with van der Waals surface area (Å²) in [7, 11) is -3.05. The molecule has 0 saturated carbocycles. The molecule has 1 unspecified atom stereocenters. The van der Waals surface area contributed by atoms with E-state index in [1.807, 2.05) is 29.3 Å². The number of benzene rings is 1. The van der Waals surface area contributed by atoms with Crippen LogP contribution in [0, 0.1) is 0 Å². The Kier molecular flexibility index (Phi) is 6.66. The summed E-state index contributed by atoms with van der Waals surface area (Å²) in [6.45, 7) is 2.87. The number of carbonyl (C=O) groups is 1. The molecule has 2 aromatic heterocycles. The number of hydrogen-bond donors (Lipinski definition) is 2. The molecule has 1 atom stereocenters. The number of thiophene rings is 1. The SMILES string of the molecule is CCN(CC(=O)NC1CCS(=O)(=O)C1)Cc1nc2scc(-c3ccc(Cl)cc3)c2c(=O)[nH]1. The highest BCUT2D eigenvalue weighted by atomic mass is 35.5. The van der Waals surface area contributed by atoms with E-state index in [0.717, 1.165) is 11.1 Å². The second-order valence-electron chi connectivity index (χ2n) is 7.82. The van der Waals surface area contributed by atoms with Crippen molar-refractivity contribution in [3.63, 3.8) is 0 Å². The van der Waals surface area contributed by atoms with Gasteiger partial charge in [0, 0.05) is 22.0 Å². The minimum Gasteiger partial charge on any atom is -0.351 e. The number of sulfone groups is 1. The monoisotopic (exact) mass is 494 g/mol. The molecule has 4 rings (SSSR count). The minimum absolute atomic E-state index is 0.00919. The minimum atomic E-state index is -3.05. The average molecular weight is 495 g/mol. The summed E-state index contributed by atoms with van der Waals surface area (Å²) in [5.41, 5.74) is 1.47. The number of halogens is 1. The zero-order valence-corrected chi connectivity index (χ0v) is 19.8. The van der Waals surface area contributed by atoms with Gasteiger partial charge in [0.1, 0.15) is 10.7 Å². The van der Waals surface area contributed by atoms with E-state index in [1.54, 1.807) is 12.1 Å². The van der Waals surface area contributed by atoms with Crippen molar-refractivity contribution in [3.05, 3.63) is 50.8 Å². The lowest BCUT2D eigenvalue weighted by molar-refractivity contribution is -0.122. The summed E-state index contributed by atoms with van der Waals surface area (Å²) in [5.74, 6) is 0.341. The molecule has 2 N–H and O–H groups in total. The number of hydrogen-bond acceptors (Lipinski definition) is 7. The molecule has 1 aliphatic heterocycles. The van der Waals surface area contributed by atoms with E-state index in [4.69, 9.17) is 11.6 Å². The molecular weight excluding hydrogens is 472 g/mol. The lowest BCUT2D eigenvalue weighted by Crippen LogP contribution is -2.42. The fraction of sp³-hybridized carbons (Fsp3) is 0.381. The molecule has 1 amide bonds. The maximum atomic E-state index is 12.8.